The number of hydrogen-bond donors (Lipinski definition) is 1. The maximum atomic E-state index is 14.8. The molecule has 1 aliphatic heterocycles. The molecule has 6 heteroatoms. The zero-order valence-corrected chi connectivity index (χ0v) is 15.0. The number of rotatable bonds is 4. The van der Waals surface area contributed by atoms with Gasteiger partial charge in [-0.3, -0.25) is 4.79 Å². The third-order valence-electron chi connectivity index (χ3n) is 4.51. The van der Waals surface area contributed by atoms with Gasteiger partial charge in [-0.25, -0.2) is 4.39 Å². The van der Waals surface area contributed by atoms with Crippen LogP contribution in [0.15, 0.2) is 43.0 Å². The molecule has 1 N–H and O–H groups in total. The minimum atomic E-state index is -1.19. The molecule has 2 aromatic rings. The molecule has 1 aliphatic rings. The summed E-state index contributed by atoms with van der Waals surface area (Å²) in [5, 5.41) is 11.2. The normalized spacial score (nSPS) is 17.6. The van der Waals surface area contributed by atoms with Crippen molar-refractivity contribution >= 4 is 29.1 Å². The van der Waals surface area contributed by atoms with Crippen LogP contribution in [0.2, 0.25) is 10.0 Å². The first-order valence-electron chi connectivity index (χ1n) is 7.70. The molecule has 0 bridgehead atoms. The number of carbonyl (C=O) groups excluding carboxylic acids is 1. The second kappa shape index (κ2) is 6.79. The molecule has 0 saturated carbocycles. The molecule has 2 unspecified atom stereocenters. The SMILES string of the molecule is C=CCC(c1ccc(Cl)c(Cl)c1)c1c(F)ccc2c1C(O)N(C)C2=O. The summed E-state index contributed by atoms with van der Waals surface area (Å²) in [6, 6.07) is 7.73. The number of amides is 1. The second-order valence-electron chi connectivity index (χ2n) is 5.96. The van der Waals surface area contributed by atoms with Crippen molar-refractivity contribution < 1.29 is 14.3 Å². The molecule has 0 spiro atoms. The van der Waals surface area contributed by atoms with E-state index < -0.39 is 18.0 Å². The van der Waals surface area contributed by atoms with Crippen molar-refractivity contribution in [3.63, 3.8) is 0 Å². The first-order valence-corrected chi connectivity index (χ1v) is 8.45. The molecular formula is C19H16Cl2FNO2. The third-order valence-corrected chi connectivity index (χ3v) is 5.25. The smallest absolute Gasteiger partial charge is 0.256 e. The molecule has 0 fully saturated rings. The molecule has 2 atom stereocenters. The Kier molecular flexibility index (Phi) is 4.87. The number of allylic oxidation sites excluding steroid dienone is 1. The second-order valence-corrected chi connectivity index (χ2v) is 6.78. The van der Waals surface area contributed by atoms with Crippen LogP contribution < -0.4 is 0 Å². The summed E-state index contributed by atoms with van der Waals surface area (Å²) in [7, 11) is 1.48. The van der Waals surface area contributed by atoms with Gasteiger partial charge in [0.2, 0.25) is 0 Å². The number of fused-ring (bicyclic) bond motifs is 1. The van der Waals surface area contributed by atoms with Crippen molar-refractivity contribution in [1.82, 2.24) is 4.90 Å². The molecule has 2 aromatic carbocycles. The highest BCUT2D eigenvalue weighted by atomic mass is 35.5. The van der Waals surface area contributed by atoms with Crippen molar-refractivity contribution in [2.24, 2.45) is 0 Å². The number of nitrogens with zero attached hydrogens (tertiary/aromatic N) is 1. The summed E-state index contributed by atoms with van der Waals surface area (Å²) < 4.78 is 14.8. The summed E-state index contributed by atoms with van der Waals surface area (Å²) in [6.45, 7) is 3.74. The summed E-state index contributed by atoms with van der Waals surface area (Å²) >= 11 is 12.1. The Morgan fingerprint density at radius 2 is 2.04 bits per heavy atom. The molecule has 3 rings (SSSR count). The fourth-order valence-electron chi connectivity index (χ4n) is 3.24. The standard InChI is InChI=1S/C19H16Cl2FNO2/c1-3-4-11(10-5-7-13(20)14(21)9-10)16-15(22)8-6-12-17(16)19(25)23(2)18(12)24/h3,5-9,11,19,25H,1,4H2,2H3. The van der Waals surface area contributed by atoms with Crippen LogP contribution in [0.4, 0.5) is 4.39 Å². The van der Waals surface area contributed by atoms with Gasteiger partial charge in [0.05, 0.1) is 10.0 Å². The van der Waals surface area contributed by atoms with Gasteiger partial charge in [0, 0.05) is 29.7 Å². The zero-order chi connectivity index (χ0) is 18.3. The van der Waals surface area contributed by atoms with Crippen molar-refractivity contribution in [3.05, 3.63) is 81.1 Å². The van der Waals surface area contributed by atoms with Crippen LogP contribution >= 0.6 is 23.2 Å². The lowest BCUT2D eigenvalue weighted by molar-refractivity contribution is 0.0296. The maximum Gasteiger partial charge on any atom is 0.256 e. The van der Waals surface area contributed by atoms with Gasteiger partial charge in [-0.2, -0.15) is 0 Å². The van der Waals surface area contributed by atoms with Crippen LogP contribution in [-0.4, -0.2) is 23.0 Å². The number of carbonyl (C=O) groups is 1. The van der Waals surface area contributed by atoms with E-state index in [2.05, 4.69) is 6.58 Å². The van der Waals surface area contributed by atoms with Gasteiger partial charge in [-0.05, 0) is 36.2 Å². The molecule has 0 aromatic heterocycles. The van der Waals surface area contributed by atoms with Crippen LogP contribution in [0.5, 0.6) is 0 Å². The molecule has 130 valence electrons. The molecular weight excluding hydrogens is 364 g/mol. The van der Waals surface area contributed by atoms with Crippen molar-refractivity contribution in [2.75, 3.05) is 7.05 Å². The maximum absolute atomic E-state index is 14.8. The van der Waals surface area contributed by atoms with Gasteiger partial charge >= 0.3 is 0 Å². The quantitative estimate of drug-likeness (QED) is 0.766. The topological polar surface area (TPSA) is 40.5 Å². The van der Waals surface area contributed by atoms with Crippen LogP contribution in [-0.2, 0) is 0 Å². The number of aliphatic hydroxyl groups excluding tert-OH is 1. The van der Waals surface area contributed by atoms with Gasteiger partial charge in [0.1, 0.15) is 5.82 Å². The van der Waals surface area contributed by atoms with E-state index in [1.807, 2.05) is 0 Å². The van der Waals surface area contributed by atoms with Crippen LogP contribution in [0.25, 0.3) is 0 Å². The van der Waals surface area contributed by atoms with E-state index in [1.54, 1.807) is 24.3 Å². The van der Waals surface area contributed by atoms with Gasteiger partial charge in [0.25, 0.3) is 5.91 Å². The Balaban J connectivity index is 2.23. The monoisotopic (exact) mass is 379 g/mol. The lowest BCUT2D eigenvalue weighted by atomic mass is 9.84. The van der Waals surface area contributed by atoms with Crippen LogP contribution in [0.3, 0.4) is 0 Å². The first kappa shape index (κ1) is 17.9. The van der Waals surface area contributed by atoms with E-state index >= 15 is 0 Å². The largest absolute Gasteiger partial charge is 0.369 e. The fraction of sp³-hybridized carbons (Fsp3) is 0.211. The van der Waals surface area contributed by atoms with Gasteiger partial charge in [0.15, 0.2) is 6.23 Å². The van der Waals surface area contributed by atoms with E-state index in [4.69, 9.17) is 23.2 Å². The van der Waals surface area contributed by atoms with E-state index in [0.717, 1.165) is 5.56 Å². The number of aliphatic hydroxyl groups is 1. The average Bonchev–Trinajstić information content (AvgIpc) is 2.80. The van der Waals surface area contributed by atoms with E-state index in [0.29, 0.717) is 27.6 Å². The Bertz CT molecular complexity index is 869. The van der Waals surface area contributed by atoms with E-state index in [9.17, 15) is 14.3 Å². The molecule has 0 radical (unpaired) electrons. The zero-order valence-electron chi connectivity index (χ0n) is 13.5. The lowest BCUT2D eigenvalue weighted by Crippen LogP contribution is -2.22. The summed E-state index contributed by atoms with van der Waals surface area (Å²) in [4.78, 5) is 13.5. The summed E-state index contributed by atoms with van der Waals surface area (Å²) in [6.07, 6.45) is 0.887. The predicted octanol–water partition coefficient (Wildman–Crippen LogP) is 4.92. The Labute approximate surface area is 155 Å². The molecule has 1 amide bonds. The highest BCUT2D eigenvalue weighted by Crippen LogP contribution is 2.42. The van der Waals surface area contributed by atoms with Gasteiger partial charge < -0.3 is 10.0 Å². The molecule has 3 nitrogen and oxygen atoms in total. The van der Waals surface area contributed by atoms with Crippen molar-refractivity contribution in [2.45, 2.75) is 18.6 Å². The number of halogens is 3. The van der Waals surface area contributed by atoms with E-state index in [1.165, 1.54) is 24.1 Å². The molecule has 1 heterocycles. The van der Waals surface area contributed by atoms with E-state index in [-0.39, 0.29) is 11.5 Å². The molecule has 0 aliphatic carbocycles. The van der Waals surface area contributed by atoms with Gasteiger partial charge in [-0.15, -0.1) is 6.58 Å². The third kappa shape index (κ3) is 2.95. The Morgan fingerprint density at radius 3 is 2.68 bits per heavy atom. The molecule has 25 heavy (non-hydrogen) atoms. The highest BCUT2D eigenvalue weighted by molar-refractivity contribution is 6.42. The number of benzene rings is 2. The average molecular weight is 380 g/mol. The highest BCUT2D eigenvalue weighted by Gasteiger charge is 2.38. The predicted molar refractivity (Wildman–Crippen MR) is 96.6 cm³/mol. The van der Waals surface area contributed by atoms with Crippen molar-refractivity contribution in [3.8, 4) is 0 Å². The summed E-state index contributed by atoms with van der Waals surface area (Å²) in [5.74, 6) is -1.27. The van der Waals surface area contributed by atoms with Crippen LogP contribution in [0.1, 0.15) is 45.6 Å². The van der Waals surface area contributed by atoms with Gasteiger partial charge in [-0.1, -0.05) is 35.3 Å². The summed E-state index contributed by atoms with van der Waals surface area (Å²) in [5.41, 5.74) is 1.61. The van der Waals surface area contributed by atoms with Crippen molar-refractivity contribution in [1.29, 1.82) is 0 Å². The Morgan fingerprint density at radius 1 is 1.32 bits per heavy atom. The lowest BCUT2D eigenvalue weighted by Gasteiger charge is -2.23. The Hall–Kier alpha value is -1.88. The minimum absolute atomic E-state index is 0.279. The fourth-order valence-corrected chi connectivity index (χ4v) is 3.55. The minimum Gasteiger partial charge on any atom is -0.369 e. The first-order chi connectivity index (χ1) is 11.9. The van der Waals surface area contributed by atoms with Crippen LogP contribution in [0, 0.1) is 5.82 Å². The number of hydrogen-bond acceptors (Lipinski definition) is 2. The molecule has 0 saturated heterocycles.